The Kier molecular flexibility index (Phi) is 5.05. The van der Waals surface area contributed by atoms with Crippen LogP contribution in [0.25, 0.3) is 0 Å². The van der Waals surface area contributed by atoms with Crippen LogP contribution in [0, 0.1) is 11.8 Å². The van der Waals surface area contributed by atoms with Crippen LogP contribution >= 0.6 is 23.2 Å². The topological polar surface area (TPSA) is 12.0 Å². The molecule has 3 unspecified atom stereocenters. The Labute approximate surface area is 133 Å². The molecule has 1 fully saturated rings. The van der Waals surface area contributed by atoms with E-state index in [0.717, 1.165) is 5.92 Å². The predicted molar refractivity (Wildman–Crippen MR) is 88.8 cm³/mol. The first kappa shape index (κ1) is 16.1. The van der Waals surface area contributed by atoms with E-state index in [9.17, 15) is 0 Å². The van der Waals surface area contributed by atoms with Crippen LogP contribution in [0.1, 0.15) is 45.6 Å². The highest BCUT2D eigenvalue weighted by Gasteiger charge is 2.40. The van der Waals surface area contributed by atoms with Gasteiger partial charge in [-0.1, -0.05) is 62.5 Å². The average Bonchev–Trinajstić information content (AvgIpc) is 2.41. The molecule has 1 aromatic carbocycles. The van der Waals surface area contributed by atoms with Crippen molar-refractivity contribution in [2.45, 2.75) is 51.5 Å². The summed E-state index contributed by atoms with van der Waals surface area (Å²) in [6.07, 6.45) is 3.77. The molecule has 2 rings (SSSR count). The minimum Gasteiger partial charge on any atom is -0.317 e. The monoisotopic (exact) mass is 313 g/mol. The number of nitrogens with one attached hydrogen (secondary N) is 1. The van der Waals surface area contributed by atoms with Gasteiger partial charge in [-0.25, -0.2) is 0 Å². The number of benzene rings is 1. The molecule has 1 saturated carbocycles. The third-order valence-electron chi connectivity index (χ3n) is 5.06. The maximum Gasteiger partial charge on any atom is 0.0629 e. The molecule has 20 heavy (non-hydrogen) atoms. The van der Waals surface area contributed by atoms with E-state index in [1.165, 1.54) is 24.8 Å². The fourth-order valence-electron chi connectivity index (χ4n) is 3.76. The lowest BCUT2D eigenvalue weighted by Crippen LogP contribution is -2.47. The van der Waals surface area contributed by atoms with Crippen LogP contribution in [0.15, 0.2) is 18.2 Å². The molecule has 112 valence electrons. The van der Waals surface area contributed by atoms with Crippen LogP contribution in [0.5, 0.6) is 0 Å². The fraction of sp³-hybridized carbons (Fsp3) is 0.647. The van der Waals surface area contributed by atoms with E-state index in [1.54, 1.807) is 0 Å². The zero-order chi connectivity index (χ0) is 14.9. The van der Waals surface area contributed by atoms with Crippen molar-refractivity contribution in [2.75, 3.05) is 7.05 Å². The zero-order valence-corrected chi connectivity index (χ0v) is 14.4. The van der Waals surface area contributed by atoms with E-state index in [0.29, 0.717) is 22.0 Å². The molecular formula is C17H25Cl2N. The number of hydrogen-bond acceptors (Lipinski definition) is 1. The van der Waals surface area contributed by atoms with Crippen molar-refractivity contribution in [1.82, 2.24) is 5.32 Å². The normalized spacial score (nSPS) is 27.6. The minimum absolute atomic E-state index is 0.0236. The highest BCUT2D eigenvalue weighted by Crippen LogP contribution is 2.45. The lowest BCUT2D eigenvalue weighted by atomic mass is 9.63. The van der Waals surface area contributed by atoms with Gasteiger partial charge in [0.2, 0.25) is 0 Å². The van der Waals surface area contributed by atoms with E-state index in [4.69, 9.17) is 23.2 Å². The Morgan fingerprint density at radius 1 is 1.20 bits per heavy atom. The summed E-state index contributed by atoms with van der Waals surface area (Å²) in [5.74, 6) is 1.38. The molecule has 0 amide bonds. The minimum atomic E-state index is 0.0236. The largest absolute Gasteiger partial charge is 0.317 e. The van der Waals surface area contributed by atoms with Crippen molar-refractivity contribution >= 4 is 23.2 Å². The second-order valence-electron chi connectivity index (χ2n) is 6.74. The van der Waals surface area contributed by atoms with Crippen LogP contribution in [0.4, 0.5) is 0 Å². The summed E-state index contributed by atoms with van der Waals surface area (Å²) >= 11 is 12.7. The van der Waals surface area contributed by atoms with E-state index in [2.05, 4.69) is 39.2 Å². The summed E-state index contributed by atoms with van der Waals surface area (Å²) in [4.78, 5) is 0. The van der Waals surface area contributed by atoms with Crippen LogP contribution < -0.4 is 5.32 Å². The lowest BCUT2D eigenvalue weighted by molar-refractivity contribution is 0.151. The average molecular weight is 314 g/mol. The Hall–Kier alpha value is -0.240. The second kappa shape index (κ2) is 6.25. The van der Waals surface area contributed by atoms with Gasteiger partial charge in [-0.2, -0.15) is 0 Å². The fourth-order valence-corrected chi connectivity index (χ4v) is 4.31. The molecule has 1 aliphatic carbocycles. The highest BCUT2D eigenvalue weighted by atomic mass is 35.5. The van der Waals surface area contributed by atoms with Crippen LogP contribution in [0.2, 0.25) is 10.0 Å². The van der Waals surface area contributed by atoms with Gasteiger partial charge in [-0.15, -0.1) is 0 Å². The summed E-state index contributed by atoms with van der Waals surface area (Å²) in [6.45, 7) is 6.95. The molecule has 1 N–H and O–H groups in total. The second-order valence-corrected chi connectivity index (χ2v) is 7.53. The highest BCUT2D eigenvalue weighted by molar-refractivity contribution is 6.42. The van der Waals surface area contributed by atoms with Crippen molar-refractivity contribution in [1.29, 1.82) is 0 Å². The van der Waals surface area contributed by atoms with Gasteiger partial charge in [0.15, 0.2) is 0 Å². The summed E-state index contributed by atoms with van der Waals surface area (Å²) < 4.78 is 0. The maximum atomic E-state index is 6.46. The molecule has 0 heterocycles. The Balaban J connectivity index is 2.35. The molecular weight excluding hydrogens is 289 g/mol. The number of halogens is 2. The Bertz CT molecular complexity index is 470. The molecule has 1 aromatic rings. The first-order valence-electron chi connectivity index (χ1n) is 7.49. The van der Waals surface area contributed by atoms with Crippen LogP contribution in [-0.2, 0) is 5.41 Å². The van der Waals surface area contributed by atoms with Gasteiger partial charge in [0.25, 0.3) is 0 Å². The third-order valence-corrected chi connectivity index (χ3v) is 5.87. The van der Waals surface area contributed by atoms with E-state index >= 15 is 0 Å². The van der Waals surface area contributed by atoms with E-state index in [-0.39, 0.29) is 5.41 Å². The molecule has 0 aromatic heterocycles. The van der Waals surface area contributed by atoms with Crippen molar-refractivity contribution < 1.29 is 0 Å². The summed E-state index contributed by atoms with van der Waals surface area (Å²) in [5, 5.41) is 4.89. The molecule has 0 radical (unpaired) electrons. The van der Waals surface area contributed by atoms with Crippen molar-refractivity contribution in [3.63, 3.8) is 0 Å². The zero-order valence-electron chi connectivity index (χ0n) is 12.8. The summed E-state index contributed by atoms with van der Waals surface area (Å²) in [5.41, 5.74) is 1.20. The number of rotatable bonds is 3. The van der Waals surface area contributed by atoms with E-state index in [1.807, 2.05) is 12.1 Å². The molecule has 0 saturated heterocycles. The molecule has 0 aliphatic heterocycles. The lowest BCUT2D eigenvalue weighted by Gasteiger charge is -2.45. The molecule has 0 bridgehead atoms. The van der Waals surface area contributed by atoms with Crippen molar-refractivity contribution in [2.24, 2.45) is 11.8 Å². The van der Waals surface area contributed by atoms with E-state index < -0.39 is 0 Å². The molecule has 1 nitrogen and oxygen atoms in total. The number of hydrogen-bond donors (Lipinski definition) is 1. The smallest absolute Gasteiger partial charge is 0.0629 e. The standard InChI is InChI=1S/C17H25Cl2N/c1-11-8-9-12(15(10-11)20-4)17(2,3)13-6-5-7-14(18)16(13)19/h5-7,11-12,15,20H,8-10H2,1-4H3. The maximum absolute atomic E-state index is 6.46. The first-order chi connectivity index (χ1) is 9.37. The Morgan fingerprint density at radius 2 is 1.90 bits per heavy atom. The van der Waals surface area contributed by atoms with Gasteiger partial charge in [-0.3, -0.25) is 0 Å². The van der Waals surface area contributed by atoms with Gasteiger partial charge in [0.05, 0.1) is 10.0 Å². The quantitative estimate of drug-likeness (QED) is 0.799. The van der Waals surface area contributed by atoms with Gasteiger partial charge < -0.3 is 5.32 Å². The Morgan fingerprint density at radius 3 is 2.55 bits per heavy atom. The van der Waals surface area contributed by atoms with Crippen LogP contribution in [-0.4, -0.2) is 13.1 Å². The van der Waals surface area contributed by atoms with Gasteiger partial charge >= 0.3 is 0 Å². The molecule has 1 aliphatic rings. The third kappa shape index (κ3) is 3.00. The molecule has 3 atom stereocenters. The SMILES string of the molecule is CNC1CC(C)CCC1C(C)(C)c1cccc(Cl)c1Cl. The van der Waals surface area contributed by atoms with Gasteiger partial charge in [0.1, 0.15) is 0 Å². The molecule has 3 heteroatoms. The molecule has 0 spiro atoms. The summed E-state index contributed by atoms with van der Waals surface area (Å²) in [7, 11) is 2.07. The van der Waals surface area contributed by atoms with Crippen LogP contribution in [0.3, 0.4) is 0 Å². The van der Waals surface area contributed by atoms with Crippen molar-refractivity contribution in [3.8, 4) is 0 Å². The summed E-state index contributed by atoms with van der Waals surface area (Å²) in [6, 6.07) is 6.54. The first-order valence-corrected chi connectivity index (χ1v) is 8.25. The predicted octanol–water partition coefficient (Wildman–Crippen LogP) is 5.30. The van der Waals surface area contributed by atoms with Gasteiger partial charge in [-0.05, 0) is 48.8 Å². The van der Waals surface area contributed by atoms with Crippen molar-refractivity contribution in [3.05, 3.63) is 33.8 Å². The van der Waals surface area contributed by atoms with Gasteiger partial charge in [0, 0.05) is 6.04 Å².